The number of carboxylic acids is 1. The molecule has 4 amide bonds. The maximum absolute atomic E-state index is 13.3. The molecule has 1 aromatic heterocycles. The zero-order valence-electron chi connectivity index (χ0n) is 21.6. The predicted molar refractivity (Wildman–Crippen MR) is 151 cm³/mol. The minimum atomic E-state index is -1.28. The van der Waals surface area contributed by atoms with Crippen LogP contribution in [-0.4, -0.2) is 82.1 Å². The number of guanidine groups is 1. The lowest BCUT2D eigenvalue weighted by atomic mass is 10.0. The molecule has 0 aliphatic carbocycles. The van der Waals surface area contributed by atoms with E-state index in [-0.39, 0.29) is 37.5 Å². The van der Waals surface area contributed by atoms with E-state index in [1.165, 1.54) is 0 Å². The summed E-state index contributed by atoms with van der Waals surface area (Å²) >= 11 is 4.10. The summed E-state index contributed by atoms with van der Waals surface area (Å²) in [5, 5.41) is 17.9. The van der Waals surface area contributed by atoms with Gasteiger partial charge in [0.2, 0.25) is 23.6 Å². The number of aromatic nitrogens is 1. The van der Waals surface area contributed by atoms with Crippen molar-refractivity contribution in [3.63, 3.8) is 0 Å². The molecule has 16 heteroatoms. The SMILES string of the molecule is NC(=O)CC(N)C(=O)NC(CS)C(=O)NC(Cc1c[nH]c2ccccc12)C(=O)NC(CCCN=C(N)N)C(=O)O. The first-order chi connectivity index (χ1) is 18.9. The van der Waals surface area contributed by atoms with Gasteiger partial charge in [0.1, 0.15) is 18.1 Å². The van der Waals surface area contributed by atoms with Gasteiger partial charge >= 0.3 is 5.97 Å². The highest BCUT2D eigenvalue weighted by Gasteiger charge is 2.30. The summed E-state index contributed by atoms with van der Waals surface area (Å²) in [5.41, 5.74) is 22.8. The monoisotopic (exact) mass is 577 g/mol. The molecule has 1 heterocycles. The van der Waals surface area contributed by atoms with E-state index in [4.69, 9.17) is 22.9 Å². The van der Waals surface area contributed by atoms with Gasteiger partial charge in [0.05, 0.1) is 12.5 Å². The molecular formula is C24H35N9O6S. The second-order valence-corrected chi connectivity index (χ2v) is 9.36. The number of para-hydroxylation sites is 1. The van der Waals surface area contributed by atoms with Gasteiger partial charge in [-0.05, 0) is 24.5 Å². The molecule has 0 aliphatic heterocycles. The quantitative estimate of drug-likeness (QED) is 0.0434. The maximum atomic E-state index is 13.3. The van der Waals surface area contributed by atoms with Gasteiger partial charge in [0.15, 0.2) is 5.96 Å². The van der Waals surface area contributed by atoms with E-state index in [9.17, 15) is 29.1 Å². The Morgan fingerprint density at radius 2 is 1.57 bits per heavy atom. The van der Waals surface area contributed by atoms with Gasteiger partial charge < -0.3 is 49.0 Å². The highest BCUT2D eigenvalue weighted by atomic mass is 32.1. The molecule has 0 saturated heterocycles. The van der Waals surface area contributed by atoms with Crippen molar-refractivity contribution in [2.24, 2.45) is 27.9 Å². The minimum absolute atomic E-state index is 0.00362. The minimum Gasteiger partial charge on any atom is -0.480 e. The molecule has 13 N–H and O–H groups in total. The first-order valence-corrected chi connectivity index (χ1v) is 12.9. The highest BCUT2D eigenvalue weighted by molar-refractivity contribution is 7.80. The van der Waals surface area contributed by atoms with Crippen molar-refractivity contribution >= 4 is 59.1 Å². The molecule has 218 valence electrons. The number of nitrogens with two attached hydrogens (primary N) is 4. The standard InChI is InChI=1S/C24H35N9O6S/c25-14(9-19(26)34)20(35)33-18(11-40)22(37)32-17(8-12-10-30-15-5-2-1-4-13(12)15)21(36)31-16(23(38)39)6-3-7-29-24(27)28/h1-2,4-5,10,14,16-18,30,40H,3,6-9,11,25H2,(H2,26,34)(H,31,36)(H,32,37)(H,33,35)(H,38,39)(H4,27,28,29). The molecule has 0 spiro atoms. The van der Waals surface area contributed by atoms with E-state index in [0.717, 1.165) is 10.9 Å². The third-order valence-electron chi connectivity index (χ3n) is 5.87. The molecular weight excluding hydrogens is 542 g/mol. The topological polar surface area (TPSA) is 274 Å². The van der Waals surface area contributed by atoms with Gasteiger partial charge in [-0.1, -0.05) is 18.2 Å². The molecule has 0 bridgehead atoms. The number of thiol groups is 1. The third-order valence-corrected chi connectivity index (χ3v) is 6.23. The van der Waals surface area contributed by atoms with E-state index in [2.05, 4.69) is 38.6 Å². The van der Waals surface area contributed by atoms with Crippen LogP contribution in [0, 0.1) is 0 Å². The van der Waals surface area contributed by atoms with Crippen LogP contribution in [0.1, 0.15) is 24.8 Å². The summed E-state index contributed by atoms with van der Waals surface area (Å²) in [6.45, 7) is 0.165. The number of amides is 4. The van der Waals surface area contributed by atoms with Gasteiger partial charge in [0, 0.05) is 35.8 Å². The van der Waals surface area contributed by atoms with Crippen molar-refractivity contribution in [1.29, 1.82) is 0 Å². The van der Waals surface area contributed by atoms with Crippen LogP contribution in [0.15, 0.2) is 35.5 Å². The second kappa shape index (κ2) is 15.3. The molecule has 1 aromatic carbocycles. The number of hydrogen-bond donors (Lipinski definition) is 10. The van der Waals surface area contributed by atoms with E-state index in [0.29, 0.717) is 5.56 Å². The van der Waals surface area contributed by atoms with Gasteiger partial charge in [-0.25, -0.2) is 4.79 Å². The molecule has 4 atom stereocenters. The van der Waals surface area contributed by atoms with Gasteiger partial charge in [0.25, 0.3) is 0 Å². The maximum Gasteiger partial charge on any atom is 0.326 e. The molecule has 0 fully saturated rings. The number of aliphatic carboxylic acids is 1. The molecule has 15 nitrogen and oxygen atoms in total. The number of aromatic amines is 1. The number of nitrogens with one attached hydrogen (secondary N) is 4. The number of hydrogen-bond acceptors (Lipinski definition) is 8. The van der Waals surface area contributed by atoms with Crippen molar-refractivity contribution in [3.05, 3.63) is 36.0 Å². The summed E-state index contributed by atoms with van der Waals surface area (Å²) in [6, 6.07) is 2.30. The zero-order valence-corrected chi connectivity index (χ0v) is 22.5. The number of carboxylic acid groups (broad SMARTS) is 1. The summed E-state index contributed by atoms with van der Waals surface area (Å²) in [4.78, 5) is 68.5. The normalized spacial score (nSPS) is 13.8. The van der Waals surface area contributed by atoms with Crippen LogP contribution in [0.3, 0.4) is 0 Å². The average molecular weight is 578 g/mol. The lowest BCUT2D eigenvalue weighted by molar-refractivity contribution is -0.142. The number of aliphatic imine (C=N–C) groups is 1. The molecule has 2 aromatic rings. The van der Waals surface area contributed by atoms with Crippen LogP contribution in [-0.2, 0) is 30.4 Å². The van der Waals surface area contributed by atoms with Crippen molar-refractivity contribution in [2.45, 2.75) is 49.9 Å². The zero-order chi connectivity index (χ0) is 29.8. The summed E-state index contributed by atoms with van der Waals surface area (Å²) in [5.74, 6) is -4.71. The van der Waals surface area contributed by atoms with Gasteiger partial charge in [-0.3, -0.25) is 24.2 Å². The Hall–Kier alpha value is -4.31. The molecule has 4 unspecified atom stereocenters. The van der Waals surface area contributed by atoms with Crippen molar-refractivity contribution in [3.8, 4) is 0 Å². The molecule has 0 aliphatic rings. The summed E-state index contributed by atoms with van der Waals surface area (Å²) in [6.07, 6.45) is 1.54. The smallest absolute Gasteiger partial charge is 0.326 e. The Morgan fingerprint density at radius 3 is 2.20 bits per heavy atom. The number of benzene rings is 1. The van der Waals surface area contributed by atoms with Crippen molar-refractivity contribution in [1.82, 2.24) is 20.9 Å². The lowest BCUT2D eigenvalue weighted by Crippen LogP contribution is -2.58. The summed E-state index contributed by atoms with van der Waals surface area (Å²) in [7, 11) is 0. The Morgan fingerprint density at radius 1 is 0.950 bits per heavy atom. The summed E-state index contributed by atoms with van der Waals surface area (Å²) < 4.78 is 0. The first-order valence-electron chi connectivity index (χ1n) is 12.3. The number of rotatable bonds is 16. The van der Waals surface area contributed by atoms with Gasteiger partial charge in [-0.2, -0.15) is 12.6 Å². The molecule has 2 rings (SSSR count). The number of carbonyl (C=O) groups is 5. The molecule has 0 saturated carbocycles. The Bertz CT molecular complexity index is 1250. The number of nitrogens with zero attached hydrogens (tertiary/aromatic N) is 1. The number of fused-ring (bicyclic) bond motifs is 1. The number of carbonyl (C=O) groups excluding carboxylic acids is 4. The lowest BCUT2D eigenvalue weighted by Gasteiger charge is -2.24. The first kappa shape index (κ1) is 31.9. The van der Waals surface area contributed by atoms with Crippen LogP contribution in [0.5, 0.6) is 0 Å². The molecule has 40 heavy (non-hydrogen) atoms. The largest absolute Gasteiger partial charge is 0.480 e. The fraction of sp³-hybridized carbons (Fsp3) is 0.417. The second-order valence-electron chi connectivity index (χ2n) is 8.99. The Labute approximate surface area is 235 Å². The third kappa shape index (κ3) is 9.77. The van der Waals surface area contributed by atoms with Crippen LogP contribution >= 0.6 is 12.6 Å². The fourth-order valence-electron chi connectivity index (χ4n) is 3.82. The van der Waals surface area contributed by atoms with Crippen LogP contribution in [0.4, 0.5) is 0 Å². The fourth-order valence-corrected chi connectivity index (χ4v) is 4.07. The Balaban J connectivity index is 2.23. The number of H-pyrrole nitrogens is 1. The highest BCUT2D eigenvalue weighted by Crippen LogP contribution is 2.19. The van der Waals surface area contributed by atoms with Crippen molar-refractivity contribution in [2.75, 3.05) is 12.3 Å². The van der Waals surface area contributed by atoms with E-state index in [1.54, 1.807) is 6.20 Å². The van der Waals surface area contributed by atoms with E-state index in [1.807, 2.05) is 24.3 Å². The predicted octanol–water partition coefficient (Wildman–Crippen LogP) is -2.56. The number of primary amides is 1. The Kier molecular flexibility index (Phi) is 12.2. The van der Waals surface area contributed by atoms with E-state index < -0.39 is 60.2 Å². The van der Waals surface area contributed by atoms with Crippen molar-refractivity contribution < 1.29 is 29.1 Å². The van der Waals surface area contributed by atoms with E-state index >= 15 is 0 Å². The van der Waals surface area contributed by atoms with Crippen LogP contribution in [0.25, 0.3) is 10.9 Å². The average Bonchev–Trinajstić information content (AvgIpc) is 3.30. The molecule has 0 radical (unpaired) electrons. The van der Waals surface area contributed by atoms with Crippen LogP contribution in [0.2, 0.25) is 0 Å². The van der Waals surface area contributed by atoms with Crippen LogP contribution < -0.4 is 38.9 Å². The van der Waals surface area contributed by atoms with Gasteiger partial charge in [-0.15, -0.1) is 0 Å².